The first-order valence-electron chi connectivity index (χ1n) is 10.5. The fraction of sp³-hybridized carbons (Fsp3) is 0.250. The van der Waals surface area contributed by atoms with Crippen molar-refractivity contribution in [1.29, 1.82) is 5.41 Å². The highest BCUT2D eigenvalue weighted by molar-refractivity contribution is 9.10. The molecule has 2 aromatic heterocycles. The van der Waals surface area contributed by atoms with Gasteiger partial charge in [-0.05, 0) is 64.3 Å². The lowest BCUT2D eigenvalue weighted by Gasteiger charge is -2.29. The summed E-state index contributed by atoms with van der Waals surface area (Å²) in [7, 11) is 0. The van der Waals surface area contributed by atoms with Crippen molar-refractivity contribution in [1.82, 2.24) is 9.88 Å². The van der Waals surface area contributed by atoms with Gasteiger partial charge in [0.15, 0.2) is 5.78 Å². The van der Waals surface area contributed by atoms with Crippen LogP contribution in [0.1, 0.15) is 50.4 Å². The molecule has 0 atom stereocenters. The standard InChI is InChI=1S/C24H23BrN4O2S/c25-19-8-9-21(27-15-19)28-24(31)22-18(10-13-32-22)14-20(30)16-4-6-17(7-5-16)23(26)29-11-2-1-3-12-29/h4-10,13,15,26H,1-3,11-12,14H2,(H,27,28,31). The Morgan fingerprint density at radius 3 is 2.44 bits per heavy atom. The molecule has 1 amide bonds. The number of hydrogen-bond acceptors (Lipinski definition) is 5. The molecule has 1 fully saturated rings. The minimum atomic E-state index is -0.275. The number of halogens is 1. The van der Waals surface area contributed by atoms with Crippen molar-refractivity contribution in [2.45, 2.75) is 25.7 Å². The van der Waals surface area contributed by atoms with Gasteiger partial charge < -0.3 is 10.2 Å². The summed E-state index contributed by atoms with van der Waals surface area (Å²) >= 11 is 4.62. The van der Waals surface area contributed by atoms with Crippen molar-refractivity contribution >= 4 is 50.6 Å². The summed E-state index contributed by atoms with van der Waals surface area (Å²) in [5.41, 5.74) is 2.09. The number of Topliss-reactive ketones (excluding diaryl/α,β-unsaturated/α-hetero) is 1. The number of carbonyl (C=O) groups excluding carboxylic acids is 2. The van der Waals surface area contributed by atoms with Gasteiger partial charge in [0, 0.05) is 41.3 Å². The first-order valence-corrected chi connectivity index (χ1v) is 12.1. The van der Waals surface area contributed by atoms with Crippen LogP contribution in [-0.2, 0) is 6.42 Å². The molecule has 0 spiro atoms. The van der Waals surface area contributed by atoms with E-state index in [0.717, 1.165) is 36.0 Å². The number of ketones is 1. The summed E-state index contributed by atoms with van der Waals surface area (Å²) in [6, 6.07) is 12.5. The first-order chi connectivity index (χ1) is 15.5. The van der Waals surface area contributed by atoms with Crippen LogP contribution in [0.15, 0.2) is 58.5 Å². The van der Waals surface area contributed by atoms with E-state index in [0.29, 0.717) is 27.7 Å². The van der Waals surface area contributed by atoms with Gasteiger partial charge in [0.2, 0.25) is 0 Å². The topological polar surface area (TPSA) is 86.1 Å². The Hall–Kier alpha value is -2.84. The molecule has 32 heavy (non-hydrogen) atoms. The molecule has 164 valence electrons. The normalized spacial score (nSPS) is 13.6. The Balaban J connectivity index is 1.41. The van der Waals surface area contributed by atoms with Gasteiger partial charge in [-0.15, -0.1) is 11.3 Å². The van der Waals surface area contributed by atoms with E-state index in [1.807, 2.05) is 23.6 Å². The lowest BCUT2D eigenvalue weighted by molar-refractivity contribution is 0.0993. The van der Waals surface area contributed by atoms with Crippen molar-refractivity contribution in [3.05, 3.63) is 80.1 Å². The van der Waals surface area contributed by atoms with Gasteiger partial charge in [-0.1, -0.05) is 24.3 Å². The zero-order chi connectivity index (χ0) is 22.5. The minimum absolute atomic E-state index is 0.0599. The van der Waals surface area contributed by atoms with Gasteiger partial charge >= 0.3 is 0 Å². The van der Waals surface area contributed by atoms with Crippen LogP contribution in [0.25, 0.3) is 0 Å². The lowest BCUT2D eigenvalue weighted by atomic mass is 10.0. The molecule has 0 radical (unpaired) electrons. The van der Waals surface area contributed by atoms with Gasteiger partial charge in [-0.25, -0.2) is 4.98 Å². The van der Waals surface area contributed by atoms with E-state index in [1.54, 1.807) is 30.5 Å². The molecular weight excluding hydrogens is 488 g/mol. The number of benzene rings is 1. The van der Waals surface area contributed by atoms with E-state index in [9.17, 15) is 9.59 Å². The number of nitrogens with one attached hydrogen (secondary N) is 2. The minimum Gasteiger partial charge on any atom is -0.357 e. The third kappa shape index (κ3) is 5.31. The Kier molecular flexibility index (Phi) is 7.12. The summed E-state index contributed by atoms with van der Waals surface area (Å²) in [5, 5.41) is 13.0. The predicted molar refractivity (Wildman–Crippen MR) is 131 cm³/mol. The maximum atomic E-state index is 12.9. The monoisotopic (exact) mass is 510 g/mol. The van der Waals surface area contributed by atoms with Crippen molar-refractivity contribution in [3.8, 4) is 0 Å². The van der Waals surface area contributed by atoms with Crippen LogP contribution >= 0.6 is 27.3 Å². The van der Waals surface area contributed by atoms with Crippen LogP contribution in [0.4, 0.5) is 5.82 Å². The lowest BCUT2D eigenvalue weighted by Crippen LogP contribution is -2.35. The maximum absolute atomic E-state index is 12.9. The molecular formula is C24H23BrN4O2S. The number of anilines is 1. The fourth-order valence-corrected chi connectivity index (χ4v) is 4.74. The fourth-order valence-electron chi connectivity index (χ4n) is 3.69. The quantitative estimate of drug-likeness (QED) is 0.264. The third-order valence-corrected chi connectivity index (χ3v) is 6.85. The highest BCUT2D eigenvalue weighted by Gasteiger charge is 2.19. The van der Waals surface area contributed by atoms with E-state index in [2.05, 4.69) is 31.1 Å². The van der Waals surface area contributed by atoms with E-state index < -0.39 is 0 Å². The van der Waals surface area contributed by atoms with Gasteiger partial charge in [-0.3, -0.25) is 15.0 Å². The van der Waals surface area contributed by atoms with Crippen LogP contribution in [0.5, 0.6) is 0 Å². The highest BCUT2D eigenvalue weighted by atomic mass is 79.9. The number of thiophene rings is 1. The summed E-state index contributed by atoms with van der Waals surface area (Å²) in [6.45, 7) is 1.83. The van der Waals surface area contributed by atoms with E-state index in [-0.39, 0.29) is 18.1 Å². The van der Waals surface area contributed by atoms with Gasteiger partial charge in [-0.2, -0.15) is 0 Å². The molecule has 8 heteroatoms. The van der Waals surface area contributed by atoms with Crippen LogP contribution < -0.4 is 5.32 Å². The molecule has 4 rings (SSSR count). The Labute approximate surface area is 199 Å². The number of pyridine rings is 1. The molecule has 0 aliphatic carbocycles. The molecule has 1 aromatic carbocycles. The number of piperidine rings is 1. The van der Waals surface area contributed by atoms with Crippen LogP contribution in [-0.4, -0.2) is 40.5 Å². The molecule has 2 N–H and O–H groups in total. The van der Waals surface area contributed by atoms with Crippen molar-refractivity contribution in [2.75, 3.05) is 18.4 Å². The third-order valence-electron chi connectivity index (χ3n) is 5.43. The van der Waals surface area contributed by atoms with Crippen molar-refractivity contribution < 1.29 is 9.59 Å². The highest BCUT2D eigenvalue weighted by Crippen LogP contribution is 2.21. The molecule has 0 unspecified atom stereocenters. The Bertz CT molecular complexity index is 1120. The van der Waals surface area contributed by atoms with Crippen LogP contribution in [0, 0.1) is 5.41 Å². The Morgan fingerprint density at radius 1 is 1.03 bits per heavy atom. The number of nitrogens with zero attached hydrogens (tertiary/aromatic N) is 2. The molecule has 3 heterocycles. The number of amidine groups is 1. The average molecular weight is 511 g/mol. The summed E-state index contributed by atoms with van der Waals surface area (Å²) < 4.78 is 0.829. The molecule has 1 aliphatic heterocycles. The zero-order valence-electron chi connectivity index (χ0n) is 17.4. The van der Waals surface area contributed by atoms with Gasteiger partial charge in [0.05, 0.1) is 4.88 Å². The van der Waals surface area contributed by atoms with Gasteiger partial charge in [0.25, 0.3) is 5.91 Å². The zero-order valence-corrected chi connectivity index (χ0v) is 19.8. The molecule has 3 aromatic rings. The molecule has 6 nitrogen and oxygen atoms in total. The van der Waals surface area contributed by atoms with Crippen LogP contribution in [0.2, 0.25) is 0 Å². The summed E-state index contributed by atoms with van der Waals surface area (Å²) in [5.74, 6) is 0.635. The number of carbonyl (C=O) groups is 2. The second kappa shape index (κ2) is 10.2. The van der Waals surface area contributed by atoms with E-state index >= 15 is 0 Å². The number of amides is 1. The first kappa shape index (κ1) is 22.4. The molecule has 1 aliphatic rings. The van der Waals surface area contributed by atoms with Crippen molar-refractivity contribution in [3.63, 3.8) is 0 Å². The number of rotatable bonds is 6. The Morgan fingerprint density at radius 2 is 1.75 bits per heavy atom. The van der Waals surface area contributed by atoms with Crippen molar-refractivity contribution in [2.24, 2.45) is 0 Å². The molecule has 0 bridgehead atoms. The smallest absolute Gasteiger partial charge is 0.267 e. The number of hydrogen-bond donors (Lipinski definition) is 2. The van der Waals surface area contributed by atoms with Crippen LogP contribution in [0.3, 0.4) is 0 Å². The maximum Gasteiger partial charge on any atom is 0.267 e. The van der Waals surface area contributed by atoms with E-state index in [4.69, 9.17) is 5.41 Å². The molecule has 1 saturated heterocycles. The SMILES string of the molecule is N=C(c1ccc(C(=O)Cc2ccsc2C(=O)Nc2ccc(Br)cn2)cc1)N1CCCCC1. The second-order valence-electron chi connectivity index (χ2n) is 7.66. The molecule has 0 saturated carbocycles. The summed E-state index contributed by atoms with van der Waals surface area (Å²) in [4.78, 5) is 32.3. The average Bonchev–Trinajstić information content (AvgIpc) is 3.29. The van der Waals surface area contributed by atoms with Gasteiger partial charge in [0.1, 0.15) is 11.7 Å². The van der Waals surface area contributed by atoms with E-state index in [1.165, 1.54) is 17.8 Å². The summed E-state index contributed by atoms with van der Waals surface area (Å²) in [6.07, 6.45) is 5.21. The number of likely N-dealkylation sites (tertiary alicyclic amines) is 1. The second-order valence-corrected chi connectivity index (χ2v) is 9.50. The largest absolute Gasteiger partial charge is 0.357 e. The predicted octanol–water partition coefficient (Wildman–Crippen LogP) is 5.39. The number of aromatic nitrogens is 1.